The van der Waals surface area contributed by atoms with Crippen molar-refractivity contribution in [2.75, 3.05) is 5.32 Å². The maximum atomic E-state index is 11.9. The van der Waals surface area contributed by atoms with Crippen LogP contribution < -0.4 is 10.1 Å². The van der Waals surface area contributed by atoms with Crippen molar-refractivity contribution in [1.82, 2.24) is 9.78 Å². The Labute approximate surface area is 138 Å². The van der Waals surface area contributed by atoms with E-state index in [2.05, 4.69) is 10.4 Å². The molecule has 0 bridgehead atoms. The number of nitrogens with one attached hydrogen (secondary N) is 1. The monoisotopic (exact) mass is 327 g/mol. The van der Waals surface area contributed by atoms with Gasteiger partial charge in [0.25, 0.3) is 0 Å². The number of carbonyl (C=O) groups excluding carboxylic acids is 1. The number of rotatable bonds is 5. The summed E-state index contributed by atoms with van der Waals surface area (Å²) in [5, 5.41) is 7.25. The normalized spacial score (nSPS) is 10.3. The first-order valence-electron chi connectivity index (χ1n) is 7.00. The van der Waals surface area contributed by atoms with Gasteiger partial charge in [0.2, 0.25) is 5.91 Å². The molecule has 6 heteroatoms. The second-order valence-corrected chi connectivity index (χ2v) is 5.28. The summed E-state index contributed by atoms with van der Waals surface area (Å²) in [6.07, 6.45) is 3.09. The first-order chi connectivity index (χ1) is 11.2. The van der Waals surface area contributed by atoms with Gasteiger partial charge in [0.1, 0.15) is 18.0 Å². The lowest BCUT2D eigenvalue weighted by molar-refractivity contribution is -0.116. The van der Waals surface area contributed by atoms with Crippen molar-refractivity contribution < 1.29 is 9.53 Å². The fourth-order valence-corrected chi connectivity index (χ4v) is 2.16. The lowest BCUT2D eigenvalue weighted by atomic mass is 10.3. The molecule has 2 aromatic carbocycles. The Bertz CT molecular complexity index is 785. The SMILES string of the molecule is O=C(Cn1cc(Cl)cn1)Nc1ccc(Oc2ccccc2)cc1. The van der Waals surface area contributed by atoms with Gasteiger partial charge >= 0.3 is 0 Å². The van der Waals surface area contributed by atoms with E-state index in [-0.39, 0.29) is 12.5 Å². The standard InChI is InChI=1S/C17H14ClN3O2/c18-13-10-19-21(11-13)12-17(22)20-14-6-8-16(9-7-14)23-15-4-2-1-3-5-15/h1-11H,12H2,(H,20,22). The maximum Gasteiger partial charge on any atom is 0.246 e. The average Bonchev–Trinajstić information content (AvgIpc) is 2.95. The molecule has 23 heavy (non-hydrogen) atoms. The fraction of sp³-hybridized carbons (Fsp3) is 0.0588. The third kappa shape index (κ3) is 4.34. The zero-order valence-corrected chi connectivity index (χ0v) is 12.9. The van der Waals surface area contributed by atoms with E-state index in [0.717, 1.165) is 5.75 Å². The van der Waals surface area contributed by atoms with Gasteiger partial charge in [-0.2, -0.15) is 5.10 Å². The molecule has 116 valence electrons. The molecule has 1 amide bonds. The predicted octanol–water partition coefficient (Wildman–Crippen LogP) is 3.97. The summed E-state index contributed by atoms with van der Waals surface area (Å²) in [6.45, 7) is 0.106. The van der Waals surface area contributed by atoms with Gasteiger partial charge in [-0.1, -0.05) is 29.8 Å². The molecule has 3 aromatic rings. The quantitative estimate of drug-likeness (QED) is 0.771. The largest absolute Gasteiger partial charge is 0.457 e. The number of anilines is 1. The third-order valence-electron chi connectivity index (χ3n) is 3.02. The minimum atomic E-state index is -0.179. The smallest absolute Gasteiger partial charge is 0.246 e. The van der Waals surface area contributed by atoms with E-state index in [1.54, 1.807) is 30.5 Å². The number of ether oxygens (including phenoxy) is 1. The lowest BCUT2D eigenvalue weighted by Gasteiger charge is -2.08. The van der Waals surface area contributed by atoms with Crippen molar-refractivity contribution in [3.63, 3.8) is 0 Å². The molecule has 0 unspecified atom stereocenters. The highest BCUT2D eigenvalue weighted by Gasteiger charge is 2.05. The Balaban J connectivity index is 1.57. The van der Waals surface area contributed by atoms with E-state index in [1.165, 1.54) is 10.9 Å². The second kappa shape index (κ2) is 6.98. The summed E-state index contributed by atoms with van der Waals surface area (Å²) in [4.78, 5) is 11.9. The minimum absolute atomic E-state index is 0.106. The first kappa shape index (κ1) is 15.1. The second-order valence-electron chi connectivity index (χ2n) is 4.84. The van der Waals surface area contributed by atoms with E-state index in [1.807, 2.05) is 30.3 Å². The number of para-hydroxylation sites is 1. The Morgan fingerprint density at radius 3 is 2.43 bits per heavy atom. The van der Waals surface area contributed by atoms with Crippen LogP contribution in [0.15, 0.2) is 67.0 Å². The van der Waals surface area contributed by atoms with Gasteiger partial charge < -0.3 is 10.1 Å². The van der Waals surface area contributed by atoms with E-state index in [4.69, 9.17) is 16.3 Å². The van der Waals surface area contributed by atoms with Gasteiger partial charge in [0, 0.05) is 11.9 Å². The molecule has 0 aliphatic rings. The topological polar surface area (TPSA) is 56.2 Å². The van der Waals surface area contributed by atoms with Gasteiger partial charge in [-0.25, -0.2) is 0 Å². The molecular formula is C17H14ClN3O2. The molecule has 0 aliphatic heterocycles. The number of hydrogen-bond donors (Lipinski definition) is 1. The Kier molecular flexibility index (Phi) is 4.59. The average molecular weight is 328 g/mol. The molecule has 1 aromatic heterocycles. The van der Waals surface area contributed by atoms with Crippen molar-refractivity contribution in [1.29, 1.82) is 0 Å². The molecule has 0 saturated heterocycles. The third-order valence-corrected chi connectivity index (χ3v) is 3.22. The highest BCUT2D eigenvalue weighted by Crippen LogP contribution is 2.22. The van der Waals surface area contributed by atoms with Crippen LogP contribution in [0.4, 0.5) is 5.69 Å². The molecule has 0 radical (unpaired) electrons. The van der Waals surface area contributed by atoms with Gasteiger partial charge in [0.05, 0.1) is 11.2 Å². The van der Waals surface area contributed by atoms with E-state index in [0.29, 0.717) is 16.5 Å². The highest BCUT2D eigenvalue weighted by molar-refractivity contribution is 6.30. The summed E-state index contributed by atoms with van der Waals surface area (Å²) in [6, 6.07) is 16.7. The van der Waals surface area contributed by atoms with Gasteiger partial charge in [-0.05, 0) is 36.4 Å². The molecule has 0 spiro atoms. The van der Waals surface area contributed by atoms with E-state index < -0.39 is 0 Å². The van der Waals surface area contributed by atoms with E-state index in [9.17, 15) is 4.79 Å². The highest BCUT2D eigenvalue weighted by atomic mass is 35.5. The lowest BCUT2D eigenvalue weighted by Crippen LogP contribution is -2.18. The van der Waals surface area contributed by atoms with Crippen molar-refractivity contribution >= 4 is 23.2 Å². The summed E-state index contributed by atoms with van der Waals surface area (Å²) in [7, 11) is 0. The van der Waals surface area contributed by atoms with Crippen LogP contribution in [-0.4, -0.2) is 15.7 Å². The number of hydrogen-bond acceptors (Lipinski definition) is 3. The molecule has 1 heterocycles. The molecule has 0 aliphatic carbocycles. The van der Waals surface area contributed by atoms with Gasteiger partial charge in [-0.15, -0.1) is 0 Å². The molecule has 3 rings (SSSR count). The number of amides is 1. The van der Waals surface area contributed by atoms with Crippen LogP contribution in [-0.2, 0) is 11.3 Å². The first-order valence-corrected chi connectivity index (χ1v) is 7.37. The van der Waals surface area contributed by atoms with Crippen molar-refractivity contribution in [2.24, 2.45) is 0 Å². The van der Waals surface area contributed by atoms with Crippen LogP contribution in [0.2, 0.25) is 5.02 Å². The van der Waals surface area contributed by atoms with E-state index >= 15 is 0 Å². The molecule has 1 N–H and O–H groups in total. The van der Waals surface area contributed by atoms with Crippen LogP contribution in [0.3, 0.4) is 0 Å². The molecular weight excluding hydrogens is 314 g/mol. The minimum Gasteiger partial charge on any atom is -0.457 e. The van der Waals surface area contributed by atoms with Gasteiger partial charge in [0.15, 0.2) is 0 Å². The predicted molar refractivity (Wildman–Crippen MR) is 88.8 cm³/mol. The van der Waals surface area contributed by atoms with Crippen LogP contribution in [0.1, 0.15) is 0 Å². The number of carbonyl (C=O) groups is 1. The molecule has 5 nitrogen and oxygen atoms in total. The zero-order valence-electron chi connectivity index (χ0n) is 12.1. The number of benzene rings is 2. The van der Waals surface area contributed by atoms with Crippen LogP contribution >= 0.6 is 11.6 Å². The number of halogens is 1. The van der Waals surface area contributed by atoms with Crippen molar-refractivity contribution in [2.45, 2.75) is 6.54 Å². The molecule has 0 atom stereocenters. The van der Waals surface area contributed by atoms with Crippen LogP contribution in [0, 0.1) is 0 Å². The van der Waals surface area contributed by atoms with Crippen molar-refractivity contribution in [3.8, 4) is 11.5 Å². The van der Waals surface area contributed by atoms with Gasteiger partial charge in [-0.3, -0.25) is 9.48 Å². The summed E-state index contributed by atoms with van der Waals surface area (Å²) in [5.74, 6) is 1.29. The Morgan fingerprint density at radius 1 is 1.09 bits per heavy atom. The van der Waals surface area contributed by atoms with Crippen molar-refractivity contribution in [3.05, 3.63) is 72.0 Å². The van der Waals surface area contributed by atoms with Crippen LogP contribution in [0.25, 0.3) is 0 Å². The molecule has 0 saturated carbocycles. The zero-order chi connectivity index (χ0) is 16.1. The Morgan fingerprint density at radius 2 is 1.78 bits per heavy atom. The number of nitrogens with zero attached hydrogens (tertiary/aromatic N) is 2. The molecule has 0 fully saturated rings. The summed E-state index contributed by atoms with van der Waals surface area (Å²) >= 11 is 5.76. The Hall–Kier alpha value is -2.79. The van der Waals surface area contributed by atoms with Crippen LogP contribution in [0.5, 0.6) is 11.5 Å². The maximum absolute atomic E-state index is 11.9. The fourth-order valence-electron chi connectivity index (χ4n) is 2.00. The number of aromatic nitrogens is 2. The summed E-state index contributed by atoms with van der Waals surface area (Å²) in [5.41, 5.74) is 0.689. The summed E-state index contributed by atoms with van der Waals surface area (Å²) < 4.78 is 7.17.